The first kappa shape index (κ1) is 17.7. The predicted octanol–water partition coefficient (Wildman–Crippen LogP) is -0.0834. The smallest absolute Gasteiger partial charge is 0.317 e. The molecule has 1 unspecified atom stereocenters. The largest absolute Gasteiger partial charge is 0.481 e. The zero-order valence-corrected chi connectivity index (χ0v) is 13.2. The van der Waals surface area contributed by atoms with Crippen LogP contribution in [0.1, 0.15) is 25.7 Å². The highest BCUT2D eigenvalue weighted by Crippen LogP contribution is 2.19. The Hall–Kier alpha value is -1.35. The van der Waals surface area contributed by atoms with Gasteiger partial charge >= 0.3 is 12.0 Å². The molecule has 1 fully saturated rings. The topological polar surface area (TPSA) is 107 Å². The van der Waals surface area contributed by atoms with Gasteiger partial charge in [0.2, 0.25) is 10.0 Å². The van der Waals surface area contributed by atoms with E-state index in [2.05, 4.69) is 5.32 Å². The van der Waals surface area contributed by atoms with E-state index in [9.17, 15) is 18.0 Å². The van der Waals surface area contributed by atoms with Gasteiger partial charge in [-0.15, -0.1) is 0 Å². The lowest BCUT2D eigenvalue weighted by Gasteiger charge is -2.34. The van der Waals surface area contributed by atoms with Crippen LogP contribution in [-0.2, 0) is 14.8 Å². The minimum atomic E-state index is -3.35. The number of aliphatic carboxylic acids is 1. The van der Waals surface area contributed by atoms with E-state index in [4.69, 9.17) is 5.11 Å². The van der Waals surface area contributed by atoms with Crippen molar-refractivity contribution in [3.05, 3.63) is 0 Å². The molecule has 122 valence electrons. The number of carboxylic acid groups (broad SMARTS) is 1. The van der Waals surface area contributed by atoms with Crippen molar-refractivity contribution in [2.24, 2.45) is 0 Å². The molecule has 21 heavy (non-hydrogen) atoms. The molecule has 1 heterocycles. The lowest BCUT2D eigenvalue weighted by atomic mass is 10.00. The molecule has 2 amide bonds. The molecule has 1 atom stereocenters. The Morgan fingerprint density at radius 3 is 2.57 bits per heavy atom. The van der Waals surface area contributed by atoms with E-state index in [1.165, 1.54) is 19.0 Å². The summed E-state index contributed by atoms with van der Waals surface area (Å²) in [6.45, 7) is 0.514. The molecule has 2 N–H and O–H groups in total. The first-order valence-electron chi connectivity index (χ1n) is 6.90. The van der Waals surface area contributed by atoms with E-state index in [0.29, 0.717) is 13.0 Å². The standard InChI is InChI=1S/C12H23N3O5S/c1-14(2)21(19,20)8-6-13-12(18)15-7-4-3-5-10(15)9-11(16)17/h10H,3-9H2,1-2H3,(H,13,18)(H,16,17). The Morgan fingerprint density at radius 1 is 1.33 bits per heavy atom. The molecule has 0 aromatic heterocycles. The Morgan fingerprint density at radius 2 is 2.00 bits per heavy atom. The molecule has 0 bridgehead atoms. The second kappa shape index (κ2) is 7.60. The van der Waals surface area contributed by atoms with Gasteiger partial charge in [0.1, 0.15) is 0 Å². The molecule has 1 saturated heterocycles. The fraction of sp³-hybridized carbons (Fsp3) is 0.833. The number of carbonyl (C=O) groups is 2. The van der Waals surface area contributed by atoms with Crippen LogP contribution in [0.15, 0.2) is 0 Å². The van der Waals surface area contributed by atoms with Crippen LogP contribution >= 0.6 is 0 Å². The van der Waals surface area contributed by atoms with Crippen LogP contribution in [0.5, 0.6) is 0 Å². The van der Waals surface area contributed by atoms with Gasteiger partial charge < -0.3 is 15.3 Å². The number of carboxylic acids is 1. The maximum atomic E-state index is 12.1. The summed E-state index contributed by atoms with van der Waals surface area (Å²) in [5.41, 5.74) is 0. The molecular weight excluding hydrogens is 298 g/mol. The summed E-state index contributed by atoms with van der Waals surface area (Å²) >= 11 is 0. The summed E-state index contributed by atoms with van der Waals surface area (Å²) in [5.74, 6) is -1.11. The van der Waals surface area contributed by atoms with E-state index >= 15 is 0 Å². The van der Waals surface area contributed by atoms with Gasteiger partial charge in [-0.05, 0) is 19.3 Å². The van der Waals surface area contributed by atoms with Crippen molar-refractivity contribution in [1.29, 1.82) is 0 Å². The molecule has 0 saturated carbocycles. The van der Waals surface area contributed by atoms with Gasteiger partial charge in [0, 0.05) is 33.2 Å². The number of nitrogens with zero attached hydrogens (tertiary/aromatic N) is 2. The lowest BCUT2D eigenvalue weighted by Crippen LogP contribution is -2.50. The number of piperidine rings is 1. The highest BCUT2D eigenvalue weighted by molar-refractivity contribution is 7.89. The molecule has 9 heteroatoms. The van der Waals surface area contributed by atoms with Gasteiger partial charge in [0.05, 0.1) is 12.2 Å². The lowest BCUT2D eigenvalue weighted by molar-refractivity contribution is -0.138. The molecule has 0 aromatic rings. The number of urea groups is 1. The van der Waals surface area contributed by atoms with Gasteiger partial charge in [0.25, 0.3) is 0 Å². The van der Waals surface area contributed by atoms with Crippen LogP contribution in [0.2, 0.25) is 0 Å². The van der Waals surface area contributed by atoms with E-state index in [1.54, 1.807) is 0 Å². The summed E-state index contributed by atoms with van der Waals surface area (Å²) in [4.78, 5) is 24.4. The third-order valence-electron chi connectivity index (χ3n) is 3.49. The van der Waals surface area contributed by atoms with Crippen molar-refractivity contribution in [1.82, 2.24) is 14.5 Å². The normalized spacial score (nSPS) is 19.6. The maximum Gasteiger partial charge on any atom is 0.317 e. The molecule has 0 radical (unpaired) electrons. The van der Waals surface area contributed by atoms with Crippen LogP contribution < -0.4 is 5.32 Å². The molecular formula is C12H23N3O5S. The maximum absolute atomic E-state index is 12.1. The minimum Gasteiger partial charge on any atom is -0.481 e. The molecule has 0 aromatic carbocycles. The molecule has 1 aliphatic rings. The third-order valence-corrected chi connectivity index (χ3v) is 5.32. The fourth-order valence-electron chi connectivity index (χ4n) is 2.25. The number of hydrogen-bond donors (Lipinski definition) is 2. The molecule has 0 aliphatic carbocycles. The van der Waals surface area contributed by atoms with Gasteiger partial charge in [0.15, 0.2) is 0 Å². The fourth-order valence-corrected chi connectivity index (χ4v) is 2.98. The molecule has 1 aliphatic heterocycles. The highest BCUT2D eigenvalue weighted by Gasteiger charge is 2.28. The minimum absolute atomic E-state index is 0.00956. The van der Waals surface area contributed by atoms with Crippen molar-refractivity contribution in [3.8, 4) is 0 Å². The third kappa shape index (κ3) is 5.50. The van der Waals surface area contributed by atoms with Crippen LogP contribution in [0.4, 0.5) is 4.79 Å². The van der Waals surface area contributed by atoms with Crippen LogP contribution in [-0.4, -0.2) is 73.7 Å². The van der Waals surface area contributed by atoms with E-state index in [1.807, 2.05) is 0 Å². The summed E-state index contributed by atoms with van der Waals surface area (Å²) in [6, 6.07) is -0.711. The summed E-state index contributed by atoms with van der Waals surface area (Å²) in [6.07, 6.45) is 2.31. The predicted molar refractivity (Wildman–Crippen MR) is 77.5 cm³/mol. The van der Waals surface area contributed by atoms with Crippen molar-refractivity contribution in [2.75, 3.05) is 32.9 Å². The first-order valence-corrected chi connectivity index (χ1v) is 8.51. The second-order valence-corrected chi connectivity index (χ2v) is 7.57. The zero-order chi connectivity index (χ0) is 16.0. The SMILES string of the molecule is CN(C)S(=O)(=O)CCNC(=O)N1CCCCC1CC(=O)O. The number of hydrogen-bond acceptors (Lipinski definition) is 4. The molecule has 8 nitrogen and oxygen atoms in total. The van der Waals surface area contributed by atoms with Crippen molar-refractivity contribution < 1.29 is 23.1 Å². The van der Waals surface area contributed by atoms with Crippen LogP contribution in [0.25, 0.3) is 0 Å². The highest BCUT2D eigenvalue weighted by atomic mass is 32.2. The Kier molecular flexibility index (Phi) is 6.41. The quantitative estimate of drug-likeness (QED) is 0.711. The number of likely N-dealkylation sites (tertiary alicyclic amines) is 1. The number of nitrogens with one attached hydrogen (secondary N) is 1. The summed E-state index contributed by atoms with van der Waals surface area (Å²) in [7, 11) is -0.481. The number of sulfonamides is 1. The monoisotopic (exact) mass is 321 g/mol. The van der Waals surface area contributed by atoms with Gasteiger partial charge in [-0.1, -0.05) is 0 Å². The summed E-state index contributed by atoms with van der Waals surface area (Å²) in [5, 5.41) is 11.4. The van der Waals surface area contributed by atoms with E-state index < -0.39 is 22.0 Å². The van der Waals surface area contributed by atoms with Crippen molar-refractivity contribution in [2.45, 2.75) is 31.7 Å². The Labute approximate surface area is 125 Å². The first-order chi connectivity index (χ1) is 9.74. The number of rotatable bonds is 6. The van der Waals surface area contributed by atoms with Gasteiger partial charge in [-0.25, -0.2) is 17.5 Å². The summed E-state index contributed by atoms with van der Waals surface area (Å²) < 4.78 is 24.3. The number of amides is 2. The Bertz CT molecular complexity index is 477. The average molecular weight is 321 g/mol. The van der Waals surface area contributed by atoms with Gasteiger partial charge in [-0.3, -0.25) is 4.79 Å². The van der Waals surface area contributed by atoms with Crippen molar-refractivity contribution >= 4 is 22.0 Å². The van der Waals surface area contributed by atoms with Crippen molar-refractivity contribution in [3.63, 3.8) is 0 Å². The van der Waals surface area contributed by atoms with E-state index in [-0.39, 0.29) is 24.8 Å². The molecule has 0 spiro atoms. The van der Waals surface area contributed by atoms with E-state index in [0.717, 1.165) is 17.1 Å². The second-order valence-electron chi connectivity index (χ2n) is 5.27. The van der Waals surface area contributed by atoms with Crippen LogP contribution in [0.3, 0.4) is 0 Å². The van der Waals surface area contributed by atoms with Gasteiger partial charge in [-0.2, -0.15) is 0 Å². The van der Waals surface area contributed by atoms with Crippen LogP contribution in [0, 0.1) is 0 Å². The Balaban J connectivity index is 2.51. The number of carbonyl (C=O) groups excluding carboxylic acids is 1. The zero-order valence-electron chi connectivity index (χ0n) is 12.4. The average Bonchev–Trinajstić information content (AvgIpc) is 2.38. The molecule has 1 rings (SSSR count).